The molecule has 0 amide bonds. The number of nitrogens with zero attached hydrogens (tertiary/aromatic N) is 2. The fraction of sp³-hybridized carbons (Fsp3) is 0.333. The lowest BCUT2D eigenvalue weighted by Crippen LogP contribution is -2.02. The van der Waals surface area contributed by atoms with E-state index >= 15 is 0 Å². The number of benzene rings is 1. The molecule has 0 saturated heterocycles. The van der Waals surface area contributed by atoms with E-state index in [1.807, 2.05) is 18.2 Å². The molecular formula is C15H16ClIN2O2. The predicted octanol–water partition coefficient (Wildman–Crippen LogP) is 4.37. The van der Waals surface area contributed by atoms with Crippen molar-refractivity contribution in [3.8, 4) is 22.9 Å². The number of ether oxygens (including phenoxy) is 2. The van der Waals surface area contributed by atoms with Gasteiger partial charge in [-0.15, -0.1) is 0 Å². The molecule has 6 heteroatoms. The first-order chi connectivity index (χ1) is 10.1. The van der Waals surface area contributed by atoms with Gasteiger partial charge in [0, 0.05) is 0 Å². The quantitative estimate of drug-likeness (QED) is 0.534. The van der Waals surface area contributed by atoms with Gasteiger partial charge < -0.3 is 9.47 Å². The van der Waals surface area contributed by atoms with E-state index in [1.165, 1.54) is 0 Å². The number of rotatable bonds is 5. The molecule has 0 atom stereocenters. The van der Waals surface area contributed by atoms with Crippen molar-refractivity contribution < 1.29 is 9.47 Å². The van der Waals surface area contributed by atoms with Crippen LogP contribution in [0.3, 0.4) is 0 Å². The van der Waals surface area contributed by atoms with E-state index in [4.69, 9.17) is 21.1 Å². The van der Waals surface area contributed by atoms with Crippen LogP contribution in [0.25, 0.3) is 11.4 Å². The second kappa shape index (κ2) is 7.26. The fourth-order valence-corrected chi connectivity index (χ4v) is 2.75. The lowest BCUT2D eigenvalue weighted by atomic mass is 10.1. The summed E-state index contributed by atoms with van der Waals surface area (Å²) in [7, 11) is 3.20. The van der Waals surface area contributed by atoms with Gasteiger partial charge in [-0.05, 0) is 41.1 Å². The zero-order valence-corrected chi connectivity index (χ0v) is 15.0. The van der Waals surface area contributed by atoms with Gasteiger partial charge in [0.2, 0.25) is 0 Å². The topological polar surface area (TPSA) is 44.2 Å². The Hall–Kier alpha value is -1.08. The van der Waals surface area contributed by atoms with Crippen LogP contribution in [0.1, 0.15) is 19.0 Å². The molecule has 1 aromatic heterocycles. The van der Waals surface area contributed by atoms with Crippen LogP contribution in [0, 0.1) is 3.57 Å². The average molecular weight is 419 g/mol. The van der Waals surface area contributed by atoms with E-state index in [-0.39, 0.29) is 0 Å². The Morgan fingerprint density at radius 3 is 2.57 bits per heavy atom. The highest BCUT2D eigenvalue weighted by Crippen LogP contribution is 2.37. The third-order valence-electron chi connectivity index (χ3n) is 3.01. The lowest BCUT2D eigenvalue weighted by molar-refractivity contribution is 0.356. The Morgan fingerprint density at radius 1 is 1.19 bits per heavy atom. The van der Waals surface area contributed by atoms with Gasteiger partial charge in [-0.3, -0.25) is 0 Å². The molecule has 2 aromatic rings. The van der Waals surface area contributed by atoms with Crippen LogP contribution >= 0.6 is 34.2 Å². The maximum absolute atomic E-state index is 6.24. The first-order valence-corrected chi connectivity index (χ1v) is 8.01. The molecule has 0 aliphatic carbocycles. The van der Waals surface area contributed by atoms with Crippen molar-refractivity contribution in [3.63, 3.8) is 0 Å². The number of methoxy groups -OCH3 is 2. The molecule has 0 fully saturated rings. The van der Waals surface area contributed by atoms with Gasteiger partial charge >= 0.3 is 0 Å². The van der Waals surface area contributed by atoms with E-state index in [1.54, 1.807) is 14.2 Å². The molecule has 1 heterocycles. The first kappa shape index (κ1) is 16.3. The zero-order chi connectivity index (χ0) is 15.4. The van der Waals surface area contributed by atoms with Crippen LogP contribution in [0.5, 0.6) is 11.5 Å². The Morgan fingerprint density at radius 2 is 1.95 bits per heavy atom. The predicted molar refractivity (Wildman–Crippen MR) is 92.3 cm³/mol. The summed E-state index contributed by atoms with van der Waals surface area (Å²) in [5.41, 5.74) is 1.73. The van der Waals surface area contributed by atoms with E-state index in [0.717, 1.165) is 27.7 Å². The fourth-order valence-electron chi connectivity index (χ4n) is 2.05. The van der Waals surface area contributed by atoms with Crippen LogP contribution in [0.2, 0.25) is 5.15 Å². The number of aryl methyl sites for hydroxylation is 1. The van der Waals surface area contributed by atoms with Crippen LogP contribution in [0.15, 0.2) is 18.2 Å². The van der Waals surface area contributed by atoms with Crippen LogP contribution in [0.4, 0.5) is 0 Å². The molecule has 0 bridgehead atoms. The molecule has 0 radical (unpaired) electrons. The highest BCUT2D eigenvalue weighted by molar-refractivity contribution is 14.1. The Bertz CT molecular complexity index is 650. The highest BCUT2D eigenvalue weighted by Gasteiger charge is 2.17. The Labute approximate surface area is 143 Å². The van der Waals surface area contributed by atoms with Gasteiger partial charge in [-0.1, -0.05) is 31.0 Å². The number of aromatic nitrogens is 2. The van der Waals surface area contributed by atoms with Crippen molar-refractivity contribution in [2.45, 2.75) is 19.8 Å². The van der Waals surface area contributed by atoms with Crippen molar-refractivity contribution in [2.24, 2.45) is 0 Å². The summed E-state index contributed by atoms with van der Waals surface area (Å²) >= 11 is 8.43. The normalized spacial score (nSPS) is 10.5. The number of para-hydroxylation sites is 1. The first-order valence-electron chi connectivity index (χ1n) is 6.55. The molecule has 0 spiro atoms. The molecule has 1 aromatic carbocycles. The molecule has 112 valence electrons. The van der Waals surface area contributed by atoms with Gasteiger partial charge in [0.25, 0.3) is 0 Å². The van der Waals surface area contributed by atoms with E-state index in [0.29, 0.717) is 22.5 Å². The average Bonchev–Trinajstić information content (AvgIpc) is 2.50. The molecule has 21 heavy (non-hydrogen) atoms. The smallest absolute Gasteiger partial charge is 0.171 e. The SMILES string of the molecule is CCCc1nc(-c2cccc(OC)c2OC)nc(Cl)c1I. The summed E-state index contributed by atoms with van der Waals surface area (Å²) in [5, 5.41) is 0.467. The highest BCUT2D eigenvalue weighted by atomic mass is 127. The monoisotopic (exact) mass is 418 g/mol. The third kappa shape index (κ3) is 3.40. The van der Waals surface area contributed by atoms with Crippen LogP contribution in [-0.4, -0.2) is 24.2 Å². The summed E-state index contributed by atoms with van der Waals surface area (Å²) < 4.78 is 11.7. The van der Waals surface area contributed by atoms with Crippen LogP contribution in [-0.2, 0) is 6.42 Å². The van der Waals surface area contributed by atoms with Crippen molar-refractivity contribution in [1.29, 1.82) is 0 Å². The lowest BCUT2D eigenvalue weighted by Gasteiger charge is -2.13. The number of halogens is 2. The van der Waals surface area contributed by atoms with E-state index < -0.39 is 0 Å². The van der Waals surface area contributed by atoms with Crippen LogP contribution < -0.4 is 9.47 Å². The van der Waals surface area contributed by atoms with Gasteiger partial charge in [0.1, 0.15) is 5.15 Å². The molecule has 4 nitrogen and oxygen atoms in total. The van der Waals surface area contributed by atoms with Gasteiger partial charge in [0.15, 0.2) is 17.3 Å². The standard InChI is InChI=1S/C15H16ClIN2O2/c1-4-6-10-12(17)14(16)19-15(18-10)9-7-5-8-11(20-2)13(9)21-3/h5,7-8H,4,6H2,1-3H3. The summed E-state index contributed by atoms with van der Waals surface area (Å²) in [6.07, 6.45) is 1.86. The zero-order valence-electron chi connectivity index (χ0n) is 12.1. The third-order valence-corrected chi connectivity index (χ3v) is 4.74. The van der Waals surface area contributed by atoms with Crippen molar-refractivity contribution in [3.05, 3.63) is 32.6 Å². The minimum absolute atomic E-state index is 0.467. The van der Waals surface area contributed by atoms with Gasteiger partial charge in [-0.25, -0.2) is 9.97 Å². The molecule has 0 unspecified atom stereocenters. The molecule has 0 saturated carbocycles. The van der Waals surface area contributed by atoms with Gasteiger partial charge in [0.05, 0.1) is 29.0 Å². The van der Waals surface area contributed by atoms with Crippen molar-refractivity contribution in [1.82, 2.24) is 9.97 Å². The largest absolute Gasteiger partial charge is 0.493 e. The van der Waals surface area contributed by atoms with E-state index in [2.05, 4.69) is 39.5 Å². The van der Waals surface area contributed by atoms with Crippen molar-refractivity contribution >= 4 is 34.2 Å². The molecular weight excluding hydrogens is 403 g/mol. The maximum Gasteiger partial charge on any atom is 0.171 e. The Balaban J connectivity index is 2.62. The minimum atomic E-state index is 0.467. The summed E-state index contributed by atoms with van der Waals surface area (Å²) in [6.45, 7) is 2.11. The second-order valence-electron chi connectivity index (χ2n) is 4.39. The molecule has 0 aliphatic heterocycles. The number of hydrogen-bond donors (Lipinski definition) is 0. The van der Waals surface area contributed by atoms with Crippen molar-refractivity contribution in [2.75, 3.05) is 14.2 Å². The second-order valence-corrected chi connectivity index (χ2v) is 5.83. The summed E-state index contributed by atoms with van der Waals surface area (Å²) in [4.78, 5) is 9.02. The minimum Gasteiger partial charge on any atom is -0.493 e. The summed E-state index contributed by atoms with van der Waals surface area (Å²) in [5.74, 6) is 1.81. The molecule has 0 aliphatic rings. The van der Waals surface area contributed by atoms with Gasteiger partial charge in [-0.2, -0.15) is 0 Å². The molecule has 2 rings (SSSR count). The maximum atomic E-state index is 6.24. The van der Waals surface area contributed by atoms with E-state index in [9.17, 15) is 0 Å². The Kier molecular flexibility index (Phi) is 5.64. The summed E-state index contributed by atoms with van der Waals surface area (Å²) in [6, 6.07) is 5.62. The number of hydrogen-bond acceptors (Lipinski definition) is 4. The molecule has 0 N–H and O–H groups in total.